The third kappa shape index (κ3) is 3.00. The van der Waals surface area contributed by atoms with Crippen molar-refractivity contribution in [3.05, 3.63) is 59.7 Å². The Morgan fingerprint density at radius 3 is 2.24 bits per heavy atom. The molecule has 0 saturated carbocycles. The number of halogens is 2. The van der Waals surface area contributed by atoms with Crippen molar-refractivity contribution in [1.29, 1.82) is 0 Å². The number of benzene rings is 2. The second-order valence-corrected chi connectivity index (χ2v) is 5.75. The number of nitrogens with one attached hydrogen (secondary N) is 1. The Balaban J connectivity index is 2.46. The van der Waals surface area contributed by atoms with Gasteiger partial charge in [-0.2, -0.15) is 0 Å². The summed E-state index contributed by atoms with van der Waals surface area (Å²) in [4.78, 5) is 10.9. The Hall–Kier alpha value is -2.48. The Bertz CT molecular complexity index is 793. The summed E-state index contributed by atoms with van der Waals surface area (Å²) in [5.74, 6) is -3.85. The zero-order valence-corrected chi connectivity index (χ0v) is 11.3. The van der Waals surface area contributed by atoms with Gasteiger partial charge in [-0.15, -0.1) is 0 Å². The molecule has 0 unspecified atom stereocenters. The summed E-state index contributed by atoms with van der Waals surface area (Å²) in [6.07, 6.45) is 0. The summed E-state index contributed by atoms with van der Waals surface area (Å²) in [6, 6.07) is 8.83. The Kier molecular flexibility index (Phi) is 3.90. The van der Waals surface area contributed by atoms with Gasteiger partial charge in [0.05, 0.1) is 10.6 Å². The van der Waals surface area contributed by atoms with Gasteiger partial charge in [0.25, 0.3) is 15.9 Å². The van der Waals surface area contributed by atoms with Crippen LogP contribution in [-0.2, 0) is 10.0 Å². The zero-order chi connectivity index (χ0) is 15.6. The van der Waals surface area contributed by atoms with Gasteiger partial charge in [0, 0.05) is 0 Å². The van der Waals surface area contributed by atoms with Crippen LogP contribution >= 0.6 is 0 Å². The molecule has 0 heterocycles. The van der Waals surface area contributed by atoms with Gasteiger partial charge in [-0.3, -0.25) is 9.52 Å². The summed E-state index contributed by atoms with van der Waals surface area (Å²) < 4.78 is 53.3. The first-order valence-corrected chi connectivity index (χ1v) is 7.17. The van der Waals surface area contributed by atoms with Gasteiger partial charge in [-0.25, -0.2) is 17.2 Å². The topological polar surface area (TPSA) is 89.3 Å². The lowest BCUT2D eigenvalue weighted by molar-refractivity contribution is 0.0992. The first-order valence-electron chi connectivity index (χ1n) is 5.68. The van der Waals surface area contributed by atoms with E-state index in [9.17, 15) is 22.0 Å². The predicted molar refractivity (Wildman–Crippen MR) is 72.1 cm³/mol. The molecule has 1 amide bonds. The van der Waals surface area contributed by atoms with Crippen LogP contribution in [0.2, 0.25) is 0 Å². The third-order valence-corrected chi connectivity index (χ3v) is 4.02. The number of anilines is 1. The minimum Gasteiger partial charge on any atom is -0.365 e. The van der Waals surface area contributed by atoms with Crippen LogP contribution < -0.4 is 10.5 Å². The van der Waals surface area contributed by atoms with Gasteiger partial charge in [-0.05, 0) is 24.3 Å². The fourth-order valence-electron chi connectivity index (χ4n) is 1.66. The van der Waals surface area contributed by atoms with E-state index in [1.807, 2.05) is 4.72 Å². The van der Waals surface area contributed by atoms with Gasteiger partial charge < -0.3 is 5.73 Å². The Morgan fingerprint density at radius 1 is 1.05 bits per heavy atom. The number of carbonyl (C=O) groups excluding carboxylic acids is 1. The van der Waals surface area contributed by atoms with Crippen molar-refractivity contribution in [2.75, 3.05) is 4.72 Å². The van der Waals surface area contributed by atoms with Crippen molar-refractivity contribution in [3.8, 4) is 0 Å². The van der Waals surface area contributed by atoms with Gasteiger partial charge in [0.2, 0.25) is 0 Å². The van der Waals surface area contributed by atoms with E-state index in [4.69, 9.17) is 5.73 Å². The second-order valence-electron chi connectivity index (χ2n) is 4.07. The second kappa shape index (κ2) is 5.49. The van der Waals surface area contributed by atoms with Gasteiger partial charge in [0.1, 0.15) is 11.4 Å². The molecule has 2 rings (SSSR count). The number of hydrogen-bond donors (Lipinski definition) is 2. The van der Waals surface area contributed by atoms with Crippen molar-refractivity contribution >= 4 is 21.6 Å². The standard InChI is InChI=1S/C13H10F2N2O3S/c14-9-6-7-10(12(15)11(9)13(16)18)17-21(19,20)8-4-2-1-3-5-8/h1-7,17H,(H2,16,18). The highest BCUT2D eigenvalue weighted by molar-refractivity contribution is 7.92. The molecule has 8 heteroatoms. The maximum atomic E-state index is 14.0. The molecule has 0 aliphatic rings. The molecule has 0 bridgehead atoms. The molecule has 2 aromatic rings. The molecule has 2 aromatic carbocycles. The molecular formula is C13H10F2N2O3S. The van der Waals surface area contributed by atoms with Gasteiger partial charge in [0.15, 0.2) is 5.82 Å². The largest absolute Gasteiger partial charge is 0.365 e. The van der Waals surface area contributed by atoms with Crippen LogP contribution in [0.1, 0.15) is 10.4 Å². The SMILES string of the molecule is NC(=O)c1c(F)ccc(NS(=O)(=O)c2ccccc2)c1F. The average Bonchev–Trinajstić information content (AvgIpc) is 2.43. The molecule has 0 atom stereocenters. The molecule has 0 saturated heterocycles. The molecular weight excluding hydrogens is 302 g/mol. The summed E-state index contributed by atoms with van der Waals surface area (Å²) in [5, 5.41) is 0. The lowest BCUT2D eigenvalue weighted by atomic mass is 10.1. The lowest BCUT2D eigenvalue weighted by Crippen LogP contribution is -2.19. The normalized spacial score (nSPS) is 11.1. The fourth-order valence-corrected chi connectivity index (χ4v) is 2.74. The van der Waals surface area contributed by atoms with Crippen molar-refractivity contribution in [2.45, 2.75) is 4.90 Å². The Labute approximate surface area is 119 Å². The number of primary amides is 1. The molecule has 0 aromatic heterocycles. The molecule has 21 heavy (non-hydrogen) atoms. The number of hydrogen-bond acceptors (Lipinski definition) is 3. The lowest BCUT2D eigenvalue weighted by Gasteiger charge is -2.10. The van der Waals surface area contributed by atoms with E-state index in [1.54, 1.807) is 6.07 Å². The van der Waals surface area contributed by atoms with Crippen LogP contribution in [0.4, 0.5) is 14.5 Å². The monoisotopic (exact) mass is 312 g/mol. The predicted octanol–water partition coefficient (Wildman–Crippen LogP) is 1.86. The number of rotatable bonds is 4. The quantitative estimate of drug-likeness (QED) is 0.903. The van der Waals surface area contributed by atoms with Crippen LogP contribution in [0.15, 0.2) is 47.4 Å². The number of sulfonamides is 1. The van der Waals surface area contributed by atoms with E-state index in [0.29, 0.717) is 0 Å². The minimum absolute atomic E-state index is 0.102. The average molecular weight is 312 g/mol. The summed E-state index contributed by atoms with van der Waals surface area (Å²) >= 11 is 0. The third-order valence-electron chi connectivity index (χ3n) is 2.64. The highest BCUT2D eigenvalue weighted by Crippen LogP contribution is 2.23. The summed E-state index contributed by atoms with van der Waals surface area (Å²) in [7, 11) is -4.06. The maximum Gasteiger partial charge on any atom is 0.261 e. The van der Waals surface area contributed by atoms with Crippen LogP contribution in [0.5, 0.6) is 0 Å². The fraction of sp³-hybridized carbons (Fsp3) is 0. The van der Waals surface area contributed by atoms with Crippen molar-refractivity contribution in [2.24, 2.45) is 5.73 Å². The molecule has 3 N–H and O–H groups in total. The molecule has 0 radical (unpaired) electrons. The number of carbonyl (C=O) groups is 1. The van der Waals surface area contributed by atoms with E-state index in [-0.39, 0.29) is 4.90 Å². The maximum absolute atomic E-state index is 14.0. The van der Waals surface area contributed by atoms with E-state index < -0.39 is 38.8 Å². The van der Waals surface area contributed by atoms with Crippen LogP contribution in [0, 0.1) is 11.6 Å². The Morgan fingerprint density at radius 2 is 1.67 bits per heavy atom. The summed E-state index contributed by atoms with van der Waals surface area (Å²) in [6.45, 7) is 0. The van der Waals surface area contributed by atoms with E-state index in [1.165, 1.54) is 24.3 Å². The molecule has 0 aliphatic heterocycles. The number of amides is 1. The molecule has 0 aliphatic carbocycles. The van der Waals surface area contributed by atoms with Crippen molar-refractivity contribution < 1.29 is 22.0 Å². The smallest absolute Gasteiger partial charge is 0.261 e. The molecule has 5 nitrogen and oxygen atoms in total. The van der Waals surface area contributed by atoms with Crippen molar-refractivity contribution in [1.82, 2.24) is 0 Å². The molecule has 0 spiro atoms. The van der Waals surface area contributed by atoms with E-state index in [2.05, 4.69) is 0 Å². The highest BCUT2D eigenvalue weighted by Gasteiger charge is 2.22. The number of nitrogens with two attached hydrogens (primary N) is 1. The van der Waals surface area contributed by atoms with Crippen molar-refractivity contribution in [3.63, 3.8) is 0 Å². The van der Waals surface area contributed by atoms with Crippen LogP contribution in [0.3, 0.4) is 0 Å². The van der Waals surface area contributed by atoms with Crippen LogP contribution in [-0.4, -0.2) is 14.3 Å². The molecule has 0 fully saturated rings. The molecule has 110 valence electrons. The first kappa shape index (κ1) is 14.9. The first-order chi connectivity index (χ1) is 9.83. The van der Waals surface area contributed by atoms with E-state index >= 15 is 0 Å². The minimum atomic E-state index is -4.06. The zero-order valence-electron chi connectivity index (χ0n) is 10.5. The van der Waals surface area contributed by atoms with E-state index in [0.717, 1.165) is 12.1 Å². The highest BCUT2D eigenvalue weighted by atomic mass is 32.2. The van der Waals surface area contributed by atoms with Crippen LogP contribution in [0.25, 0.3) is 0 Å². The van der Waals surface area contributed by atoms with Gasteiger partial charge >= 0.3 is 0 Å². The van der Waals surface area contributed by atoms with Gasteiger partial charge in [-0.1, -0.05) is 18.2 Å². The summed E-state index contributed by atoms with van der Waals surface area (Å²) in [5.41, 5.74) is 3.30.